The molecule has 0 aliphatic heterocycles. The van der Waals surface area contributed by atoms with E-state index in [2.05, 4.69) is 20.5 Å². The van der Waals surface area contributed by atoms with Crippen LogP contribution in [0.2, 0.25) is 0 Å². The molecule has 30 heavy (non-hydrogen) atoms. The molecule has 2 aromatic heterocycles. The van der Waals surface area contributed by atoms with Crippen molar-refractivity contribution >= 4 is 5.91 Å². The van der Waals surface area contributed by atoms with Crippen molar-refractivity contribution in [3.63, 3.8) is 0 Å². The highest BCUT2D eigenvalue weighted by molar-refractivity contribution is 6.00. The first-order chi connectivity index (χ1) is 14.7. The number of hydrogen-bond acceptors (Lipinski definition) is 6. The number of carbonyl (C=O) groups excluding carboxylic acids is 1. The number of nitrogens with one attached hydrogen (secondary N) is 1. The molecule has 0 unspecified atom stereocenters. The van der Waals surface area contributed by atoms with Crippen LogP contribution in [-0.2, 0) is 0 Å². The lowest BCUT2D eigenvalue weighted by atomic mass is 10.0. The van der Waals surface area contributed by atoms with E-state index in [1.807, 2.05) is 0 Å². The molecule has 1 aliphatic carbocycles. The highest BCUT2D eigenvalue weighted by atomic mass is 19.1. The third-order valence-corrected chi connectivity index (χ3v) is 5.21. The summed E-state index contributed by atoms with van der Waals surface area (Å²) >= 11 is 0. The van der Waals surface area contributed by atoms with Crippen molar-refractivity contribution in [1.82, 2.24) is 25.3 Å². The maximum atomic E-state index is 13.2. The molecule has 2 heterocycles. The maximum Gasteiger partial charge on any atom is 0.257 e. The summed E-state index contributed by atoms with van der Waals surface area (Å²) in [4.78, 5) is 18.5. The fourth-order valence-electron chi connectivity index (χ4n) is 3.73. The molecular weight excluding hydrogens is 389 g/mol. The van der Waals surface area contributed by atoms with Crippen LogP contribution in [-0.4, -0.2) is 45.6 Å². The zero-order valence-corrected chi connectivity index (χ0v) is 16.5. The van der Waals surface area contributed by atoms with E-state index in [0.717, 1.165) is 25.5 Å². The second-order valence-corrected chi connectivity index (χ2v) is 7.07. The molecular formula is C21H22FN5O3. The Hall–Kier alpha value is -3.49. The Morgan fingerprint density at radius 2 is 2.07 bits per heavy atom. The third kappa shape index (κ3) is 4.24. The van der Waals surface area contributed by atoms with Gasteiger partial charge >= 0.3 is 0 Å². The van der Waals surface area contributed by atoms with Crippen LogP contribution < -0.4 is 14.8 Å². The molecule has 1 N–H and O–H groups in total. The Kier molecular flexibility index (Phi) is 5.87. The Morgan fingerprint density at radius 3 is 2.80 bits per heavy atom. The van der Waals surface area contributed by atoms with Crippen molar-refractivity contribution in [1.29, 1.82) is 0 Å². The smallest absolute Gasteiger partial charge is 0.257 e. The van der Waals surface area contributed by atoms with E-state index in [1.165, 1.54) is 24.0 Å². The quantitative estimate of drug-likeness (QED) is 0.643. The summed E-state index contributed by atoms with van der Waals surface area (Å²) in [5.41, 5.74) is 0.918. The lowest BCUT2D eigenvalue weighted by molar-refractivity contribution is 0.0915. The number of benzene rings is 1. The minimum absolute atomic E-state index is 0.0544. The highest BCUT2D eigenvalue weighted by Gasteiger charge is 2.31. The van der Waals surface area contributed by atoms with Gasteiger partial charge in [0.25, 0.3) is 5.91 Å². The van der Waals surface area contributed by atoms with Gasteiger partial charge in [-0.2, -0.15) is 15.0 Å². The number of carbonyl (C=O) groups is 1. The molecule has 1 aliphatic rings. The van der Waals surface area contributed by atoms with Gasteiger partial charge in [-0.25, -0.2) is 9.37 Å². The topological polar surface area (TPSA) is 91.2 Å². The van der Waals surface area contributed by atoms with Gasteiger partial charge in [-0.15, -0.1) is 0 Å². The van der Waals surface area contributed by atoms with Crippen LogP contribution in [0.15, 0.2) is 48.9 Å². The number of pyridine rings is 1. The molecule has 1 amide bonds. The highest BCUT2D eigenvalue weighted by Crippen LogP contribution is 2.29. The lowest BCUT2D eigenvalue weighted by Gasteiger charge is -2.22. The van der Waals surface area contributed by atoms with E-state index in [-0.39, 0.29) is 17.9 Å². The third-order valence-electron chi connectivity index (χ3n) is 5.21. The van der Waals surface area contributed by atoms with Crippen molar-refractivity contribution in [2.45, 2.75) is 25.3 Å². The Bertz CT molecular complexity index is 994. The normalized spacial score (nSPS) is 18.2. The van der Waals surface area contributed by atoms with Crippen LogP contribution in [0.4, 0.5) is 4.39 Å². The minimum Gasteiger partial charge on any atom is -0.496 e. The van der Waals surface area contributed by atoms with Gasteiger partial charge in [-0.05, 0) is 31.0 Å². The van der Waals surface area contributed by atoms with Crippen molar-refractivity contribution in [2.75, 3.05) is 13.7 Å². The fourth-order valence-corrected chi connectivity index (χ4v) is 3.73. The summed E-state index contributed by atoms with van der Waals surface area (Å²) in [6.07, 6.45) is 6.97. The monoisotopic (exact) mass is 411 g/mol. The number of hydrogen-bond donors (Lipinski definition) is 1. The van der Waals surface area contributed by atoms with Crippen molar-refractivity contribution in [2.24, 2.45) is 5.92 Å². The van der Waals surface area contributed by atoms with E-state index in [9.17, 15) is 9.18 Å². The molecule has 3 aromatic rings. The van der Waals surface area contributed by atoms with Gasteiger partial charge in [0.2, 0.25) is 5.88 Å². The van der Waals surface area contributed by atoms with Crippen molar-refractivity contribution in [3.05, 3.63) is 60.3 Å². The summed E-state index contributed by atoms with van der Waals surface area (Å²) in [6.45, 7) is 0.392. The van der Waals surface area contributed by atoms with Gasteiger partial charge in [0.15, 0.2) is 0 Å². The van der Waals surface area contributed by atoms with E-state index < -0.39 is 5.82 Å². The van der Waals surface area contributed by atoms with Crippen LogP contribution in [0.3, 0.4) is 0 Å². The maximum absolute atomic E-state index is 13.2. The molecule has 0 bridgehead atoms. The Labute approximate surface area is 173 Å². The van der Waals surface area contributed by atoms with Crippen LogP contribution in [0, 0.1) is 11.7 Å². The average molecular weight is 411 g/mol. The van der Waals surface area contributed by atoms with E-state index in [0.29, 0.717) is 29.5 Å². The standard InChI is InChI=1S/C21H22FN5O3/c1-29-18-7-3-6-17(27-24-10-11-25-27)20(18)21(28)26-16-5-2-4-14(16)13-30-19-9-8-15(22)12-23-19/h3,6-12,14,16H,2,4-5,13H2,1H3,(H,26,28)/t14-,16+/m1/s1. The number of ether oxygens (including phenoxy) is 2. The number of aromatic nitrogens is 4. The van der Waals surface area contributed by atoms with Gasteiger partial charge in [0, 0.05) is 18.0 Å². The first kappa shape index (κ1) is 19.8. The summed E-state index contributed by atoms with van der Waals surface area (Å²) < 4.78 is 24.1. The lowest BCUT2D eigenvalue weighted by Crippen LogP contribution is -2.40. The van der Waals surface area contributed by atoms with Crippen LogP contribution in [0.5, 0.6) is 11.6 Å². The van der Waals surface area contributed by atoms with Crippen molar-refractivity contribution < 1.29 is 18.7 Å². The zero-order chi connectivity index (χ0) is 20.9. The fraction of sp³-hybridized carbons (Fsp3) is 0.333. The van der Waals surface area contributed by atoms with Crippen molar-refractivity contribution in [3.8, 4) is 17.3 Å². The molecule has 0 radical (unpaired) electrons. The Morgan fingerprint density at radius 1 is 1.23 bits per heavy atom. The molecule has 4 rings (SSSR count). The van der Waals surface area contributed by atoms with Gasteiger partial charge in [0.05, 0.1) is 32.3 Å². The van der Waals surface area contributed by atoms with Crippen LogP contribution >= 0.6 is 0 Å². The number of nitrogens with zero attached hydrogens (tertiary/aromatic N) is 4. The summed E-state index contributed by atoms with van der Waals surface area (Å²) in [5, 5.41) is 11.4. The number of halogens is 1. The average Bonchev–Trinajstić information content (AvgIpc) is 3.45. The second kappa shape index (κ2) is 8.89. The molecule has 1 saturated carbocycles. The van der Waals surface area contributed by atoms with Gasteiger partial charge in [-0.1, -0.05) is 12.5 Å². The second-order valence-electron chi connectivity index (χ2n) is 7.07. The largest absolute Gasteiger partial charge is 0.496 e. The SMILES string of the molecule is COc1cccc(-n2nccn2)c1C(=O)N[C@H]1CCC[C@@H]1COc1ccc(F)cn1. The number of rotatable bonds is 7. The molecule has 0 saturated heterocycles. The molecule has 9 heteroatoms. The summed E-state index contributed by atoms with van der Waals surface area (Å²) in [6, 6.07) is 8.04. The first-order valence-electron chi connectivity index (χ1n) is 9.74. The van der Waals surface area contributed by atoms with E-state index >= 15 is 0 Å². The predicted molar refractivity (Wildman–Crippen MR) is 106 cm³/mol. The van der Waals surface area contributed by atoms with Gasteiger partial charge < -0.3 is 14.8 Å². The first-order valence-corrected chi connectivity index (χ1v) is 9.74. The summed E-state index contributed by atoms with van der Waals surface area (Å²) in [7, 11) is 1.52. The number of amides is 1. The van der Waals surface area contributed by atoms with Crippen LogP contribution in [0.25, 0.3) is 5.69 Å². The molecule has 156 valence electrons. The zero-order valence-electron chi connectivity index (χ0n) is 16.5. The molecule has 2 atom stereocenters. The molecule has 1 aromatic carbocycles. The van der Waals surface area contributed by atoms with Crippen LogP contribution in [0.1, 0.15) is 29.6 Å². The van der Waals surface area contributed by atoms with Gasteiger partial charge in [-0.3, -0.25) is 4.79 Å². The molecule has 8 nitrogen and oxygen atoms in total. The van der Waals surface area contributed by atoms with Gasteiger partial charge in [0.1, 0.15) is 22.8 Å². The van der Waals surface area contributed by atoms with E-state index in [4.69, 9.17) is 9.47 Å². The predicted octanol–water partition coefficient (Wildman–Crippen LogP) is 2.79. The number of methoxy groups -OCH3 is 1. The molecule has 1 fully saturated rings. The minimum atomic E-state index is -0.410. The van der Waals surface area contributed by atoms with E-state index in [1.54, 1.807) is 30.6 Å². The molecule has 0 spiro atoms. The summed E-state index contributed by atoms with van der Waals surface area (Å²) in [5.74, 6) is 0.278. The Balaban J connectivity index is 1.48.